The number of nitrogens with two attached hydrogens (primary N) is 2. The normalized spacial score (nSPS) is 16.6. The molecule has 2 rings (SSSR count). The molecule has 8 nitrogen and oxygen atoms in total. The van der Waals surface area contributed by atoms with Gasteiger partial charge in [0.15, 0.2) is 0 Å². The molecule has 11 heteroatoms. The highest BCUT2D eigenvalue weighted by atomic mass is 19.4. The Bertz CT molecular complexity index is 824. The molecule has 0 saturated heterocycles. The van der Waals surface area contributed by atoms with Crippen LogP contribution in [0.2, 0.25) is 0 Å². The van der Waals surface area contributed by atoms with Crippen LogP contribution in [0.25, 0.3) is 5.70 Å². The number of nitrogens with zero attached hydrogens (tertiary/aromatic N) is 2. The maximum Gasteiger partial charge on any atom is 0.407 e. The highest BCUT2D eigenvalue weighted by Crippen LogP contribution is 2.27. The van der Waals surface area contributed by atoms with E-state index in [-0.39, 0.29) is 25.0 Å². The van der Waals surface area contributed by atoms with E-state index in [1.54, 1.807) is 13.1 Å². The van der Waals surface area contributed by atoms with Crippen LogP contribution in [0.5, 0.6) is 5.75 Å². The number of aryl methyl sites for hydroxylation is 1. The van der Waals surface area contributed by atoms with Crippen molar-refractivity contribution >= 4 is 11.8 Å². The number of hydrogen-bond acceptors (Lipinski definition) is 7. The van der Waals surface area contributed by atoms with Gasteiger partial charge in [-0.05, 0) is 50.7 Å². The van der Waals surface area contributed by atoms with E-state index in [0.29, 0.717) is 22.8 Å². The third-order valence-electron chi connectivity index (χ3n) is 5.37. The highest BCUT2D eigenvalue weighted by Gasteiger charge is 2.30. The number of alkyl halides is 3. The van der Waals surface area contributed by atoms with Crippen molar-refractivity contribution in [3.05, 3.63) is 29.2 Å². The monoisotopic (exact) mass is 473 g/mol. The number of halogens is 3. The molecule has 186 valence electrons. The SMILES string of the molecule is Cc1nc(/C(N)=C(\CNC(=O)OCC(C)CC(F)(F)F)N(C)N)ccc1OC1CCCCC1. The van der Waals surface area contributed by atoms with Gasteiger partial charge >= 0.3 is 12.3 Å². The van der Waals surface area contributed by atoms with Crippen LogP contribution in [0.4, 0.5) is 18.0 Å². The largest absolute Gasteiger partial charge is 0.489 e. The molecule has 1 amide bonds. The zero-order chi connectivity index (χ0) is 24.6. The predicted octanol–water partition coefficient (Wildman–Crippen LogP) is 3.85. The van der Waals surface area contributed by atoms with E-state index in [9.17, 15) is 18.0 Å². The van der Waals surface area contributed by atoms with Gasteiger partial charge in [-0.2, -0.15) is 13.2 Å². The second kappa shape index (κ2) is 12.0. The van der Waals surface area contributed by atoms with Crippen molar-refractivity contribution in [1.82, 2.24) is 15.3 Å². The molecule has 0 radical (unpaired) electrons. The van der Waals surface area contributed by atoms with Crippen molar-refractivity contribution in [2.45, 2.75) is 64.7 Å². The fourth-order valence-electron chi connectivity index (χ4n) is 3.62. The Balaban J connectivity index is 1.99. The molecule has 1 saturated carbocycles. The molecule has 1 fully saturated rings. The second-order valence-electron chi connectivity index (χ2n) is 8.51. The Morgan fingerprint density at radius 1 is 1.30 bits per heavy atom. The first kappa shape index (κ1) is 26.6. The summed E-state index contributed by atoms with van der Waals surface area (Å²) < 4.78 is 48.1. The summed E-state index contributed by atoms with van der Waals surface area (Å²) in [5.41, 5.74) is 8.02. The number of nitrogens with one attached hydrogen (secondary N) is 1. The summed E-state index contributed by atoms with van der Waals surface area (Å²) >= 11 is 0. The van der Waals surface area contributed by atoms with Crippen molar-refractivity contribution in [3.8, 4) is 5.75 Å². The van der Waals surface area contributed by atoms with Crippen LogP contribution in [-0.2, 0) is 4.74 Å². The lowest BCUT2D eigenvalue weighted by atomic mass is 9.98. The van der Waals surface area contributed by atoms with E-state index in [0.717, 1.165) is 25.7 Å². The highest BCUT2D eigenvalue weighted by molar-refractivity contribution is 5.69. The molecule has 0 spiro atoms. The van der Waals surface area contributed by atoms with Gasteiger partial charge in [0.25, 0.3) is 0 Å². The summed E-state index contributed by atoms with van der Waals surface area (Å²) in [6.07, 6.45) is -0.398. The Kier molecular flexibility index (Phi) is 9.63. The number of hydrogen-bond donors (Lipinski definition) is 3. The van der Waals surface area contributed by atoms with Gasteiger partial charge in [-0.3, -0.25) is 0 Å². The fraction of sp³-hybridized carbons (Fsp3) is 0.636. The molecule has 5 N–H and O–H groups in total. The minimum absolute atomic E-state index is 0.0909. The molecule has 1 aromatic rings. The number of aromatic nitrogens is 1. The van der Waals surface area contributed by atoms with Gasteiger partial charge in [-0.25, -0.2) is 15.6 Å². The molecule has 0 aromatic carbocycles. The fourth-order valence-corrected chi connectivity index (χ4v) is 3.62. The molecule has 1 aromatic heterocycles. The minimum atomic E-state index is -4.31. The Hall–Kier alpha value is -2.69. The quantitative estimate of drug-likeness (QED) is 0.369. The van der Waals surface area contributed by atoms with Crippen LogP contribution in [0.3, 0.4) is 0 Å². The van der Waals surface area contributed by atoms with Gasteiger partial charge in [-0.1, -0.05) is 13.3 Å². The molecule has 1 unspecified atom stereocenters. The third-order valence-corrected chi connectivity index (χ3v) is 5.37. The van der Waals surface area contributed by atoms with Crippen molar-refractivity contribution in [1.29, 1.82) is 0 Å². The smallest absolute Gasteiger partial charge is 0.407 e. The van der Waals surface area contributed by atoms with Gasteiger partial charge in [0.1, 0.15) is 5.75 Å². The van der Waals surface area contributed by atoms with Gasteiger partial charge in [0.2, 0.25) is 0 Å². The van der Waals surface area contributed by atoms with Gasteiger partial charge in [0.05, 0.1) is 42.0 Å². The van der Waals surface area contributed by atoms with Crippen molar-refractivity contribution in [2.75, 3.05) is 20.2 Å². The molecule has 1 aliphatic rings. The summed E-state index contributed by atoms with van der Waals surface area (Å²) in [6.45, 7) is 2.74. The first-order valence-electron chi connectivity index (χ1n) is 11.1. The van der Waals surface area contributed by atoms with Gasteiger partial charge in [-0.15, -0.1) is 0 Å². The lowest BCUT2D eigenvalue weighted by Crippen LogP contribution is -2.37. The number of likely N-dealkylation sites (N-methyl/N-ethyl adjacent to an activating group) is 1. The molecule has 1 aliphatic carbocycles. The number of amides is 1. The van der Waals surface area contributed by atoms with Crippen LogP contribution in [-0.4, -0.2) is 48.6 Å². The number of rotatable bonds is 9. The van der Waals surface area contributed by atoms with E-state index in [1.807, 2.05) is 13.0 Å². The van der Waals surface area contributed by atoms with Crippen molar-refractivity contribution < 1.29 is 27.4 Å². The van der Waals surface area contributed by atoms with Crippen molar-refractivity contribution in [3.63, 3.8) is 0 Å². The number of pyridine rings is 1. The van der Waals surface area contributed by atoms with Gasteiger partial charge < -0.3 is 25.5 Å². The zero-order valence-electron chi connectivity index (χ0n) is 19.4. The number of hydrazine groups is 1. The Labute approximate surface area is 192 Å². The maximum absolute atomic E-state index is 12.4. The standard InChI is InChI=1S/C22H34F3N5O3/c1-14(11-22(23,24)25)13-32-21(31)28-12-18(30(3)27)20(26)17-9-10-19(15(2)29-17)33-16-7-5-4-6-8-16/h9-10,14,16H,4-8,11-13,26-27H2,1-3H3,(H,28,31)/b20-18-. The number of carbonyl (C=O) groups excluding carboxylic acids is 1. The lowest BCUT2D eigenvalue weighted by molar-refractivity contribution is -0.145. The average Bonchev–Trinajstić information content (AvgIpc) is 2.73. The van der Waals surface area contributed by atoms with Crippen LogP contribution < -0.4 is 21.6 Å². The van der Waals surface area contributed by atoms with E-state index in [1.165, 1.54) is 18.4 Å². The number of alkyl carbamates (subject to hydrolysis) is 1. The molecule has 33 heavy (non-hydrogen) atoms. The van der Waals surface area contributed by atoms with Crippen LogP contribution in [0.1, 0.15) is 56.8 Å². The molecule has 1 atom stereocenters. The zero-order valence-corrected chi connectivity index (χ0v) is 19.4. The molecule has 1 heterocycles. The first-order valence-corrected chi connectivity index (χ1v) is 11.1. The summed E-state index contributed by atoms with van der Waals surface area (Å²) in [5, 5.41) is 3.70. The van der Waals surface area contributed by atoms with Crippen molar-refractivity contribution in [2.24, 2.45) is 17.5 Å². The molecule has 0 aliphatic heterocycles. The summed E-state index contributed by atoms with van der Waals surface area (Å²) in [7, 11) is 1.55. The van der Waals surface area contributed by atoms with E-state index >= 15 is 0 Å². The number of carbonyl (C=O) groups is 1. The van der Waals surface area contributed by atoms with E-state index < -0.39 is 24.6 Å². The summed E-state index contributed by atoms with van der Waals surface area (Å²) in [6, 6.07) is 3.54. The van der Waals surface area contributed by atoms with Crippen LogP contribution >= 0.6 is 0 Å². The minimum Gasteiger partial charge on any atom is -0.489 e. The van der Waals surface area contributed by atoms with Gasteiger partial charge in [0, 0.05) is 13.5 Å². The maximum atomic E-state index is 12.4. The third kappa shape index (κ3) is 8.99. The predicted molar refractivity (Wildman–Crippen MR) is 119 cm³/mol. The Morgan fingerprint density at radius 3 is 2.55 bits per heavy atom. The first-order chi connectivity index (χ1) is 15.5. The molecular weight excluding hydrogens is 439 g/mol. The summed E-state index contributed by atoms with van der Waals surface area (Å²) in [5.74, 6) is 5.72. The summed E-state index contributed by atoms with van der Waals surface area (Å²) in [4.78, 5) is 16.4. The van der Waals surface area contributed by atoms with Crippen LogP contribution in [0.15, 0.2) is 17.8 Å². The topological polar surface area (TPSA) is 116 Å². The Morgan fingerprint density at radius 2 is 1.97 bits per heavy atom. The average molecular weight is 474 g/mol. The second-order valence-corrected chi connectivity index (χ2v) is 8.51. The van der Waals surface area contributed by atoms with Crippen LogP contribution in [0, 0.1) is 12.8 Å². The van der Waals surface area contributed by atoms with E-state index in [2.05, 4.69) is 10.3 Å². The number of ether oxygens (including phenoxy) is 2. The lowest BCUT2D eigenvalue weighted by Gasteiger charge is -2.24. The van der Waals surface area contributed by atoms with E-state index in [4.69, 9.17) is 21.1 Å². The molecular formula is C22H34F3N5O3. The molecule has 0 bridgehead atoms.